The van der Waals surface area contributed by atoms with Crippen LogP contribution in [0, 0.1) is 0 Å². The zero-order chi connectivity index (χ0) is 17.4. The molecular weight excluding hydrogens is 398 g/mol. The molecule has 0 aliphatic heterocycles. The van der Waals surface area contributed by atoms with Gasteiger partial charge in [-0.1, -0.05) is 46.4 Å². The summed E-state index contributed by atoms with van der Waals surface area (Å²) >= 11 is 23.5. The number of esters is 1. The molecule has 6 nitrogen and oxygen atoms in total. The Morgan fingerprint density at radius 1 is 1.12 bits per heavy atom. The Morgan fingerprint density at radius 3 is 2.62 bits per heavy atom. The van der Waals surface area contributed by atoms with Gasteiger partial charge in [-0.15, -0.1) is 0 Å². The van der Waals surface area contributed by atoms with E-state index in [0.717, 1.165) is 0 Å². The van der Waals surface area contributed by atoms with Gasteiger partial charge in [-0.25, -0.2) is 14.8 Å². The van der Waals surface area contributed by atoms with Gasteiger partial charge in [0.1, 0.15) is 17.3 Å². The minimum atomic E-state index is -0.791. The number of anilines is 1. The van der Waals surface area contributed by atoms with E-state index in [9.17, 15) is 4.79 Å². The van der Waals surface area contributed by atoms with Gasteiger partial charge in [-0.3, -0.25) is 0 Å². The van der Waals surface area contributed by atoms with E-state index in [1.165, 1.54) is 0 Å². The topological polar surface area (TPSA) is 82.5 Å². The van der Waals surface area contributed by atoms with Crippen molar-refractivity contribution < 1.29 is 9.53 Å². The molecule has 3 rings (SSSR count). The smallest absolute Gasteiger partial charge is 0.359 e. The number of rotatable bonds is 3. The zero-order valence-corrected chi connectivity index (χ0v) is 14.8. The summed E-state index contributed by atoms with van der Waals surface area (Å²) in [5, 5.41) is 0.297. The Hall–Kier alpha value is -1.73. The van der Waals surface area contributed by atoms with Gasteiger partial charge < -0.3 is 14.9 Å². The summed E-state index contributed by atoms with van der Waals surface area (Å²) in [7, 11) is 0. The third-order valence-electron chi connectivity index (χ3n) is 3.08. The van der Waals surface area contributed by atoms with Crippen LogP contribution in [0.4, 0.5) is 5.69 Å². The van der Waals surface area contributed by atoms with Crippen LogP contribution in [0.5, 0.6) is 0 Å². The summed E-state index contributed by atoms with van der Waals surface area (Å²) in [4.78, 5) is 20.2. The van der Waals surface area contributed by atoms with Crippen molar-refractivity contribution in [3.05, 3.63) is 56.1 Å². The molecule has 124 valence electrons. The molecule has 0 spiro atoms. The normalized spacial score (nSPS) is 11.0. The van der Waals surface area contributed by atoms with Gasteiger partial charge in [-0.2, -0.15) is 0 Å². The highest BCUT2D eigenvalue weighted by atomic mass is 35.5. The number of nitrogens with two attached hydrogens (primary N) is 1. The predicted molar refractivity (Wildman–Crippen MR) is 93.0 cm³/mol. The largest absolute Gasteiger partial charge is 0.454 e. The number of aromatic nitrogens is 3. The van der Waals surface area contributed by atoms with Crippen LogP contribution in [0.15, 0.2) is 24.5 Å². The van der Waals surface area contributed by atoms with Crippen LogP contribution in [-0.4, -0.2) is 20.3 Å². The van der Waals surface area contributed by atoms with Crippen molar-refractivity contribution >= 4 is 63.7 Å². The molecule has 0 aliphatic rings. The SMILES string of the molecule is Nc1c(Cl)c(Cl)nc(C(=O)OCc2cn3cc(Cl)ccc3n2)c1Cl. The van der Waals surface area contributed by atoms with E-state index in [0.29, 0.717) is 16.4 Å². The highest BCUT2D eigenvalue weighted by Gasteiger charge is 2.21. The van der Waals surface area contributed by atoms with Crippen LogP contribution in [0.1, 0.15) is 16.2 Å². The van der Waals surface area contributed by atoms with E-state index < -0.39 is 5.97 Å². The maximum Gasteiger partial charge on any atom is 0.359 e. The average molecular weight is 406 g/mol. The summed E-state index contributed by atoms with van der Waals surface area (Å²) in [6.45, 7) is -0.0870. The van der Waals surface area contributed by atoms with E-state index in [2.05, 4.69) is 9.97 Å². The lowest BCUT2D eigenvalue weighted by Crippen LogP contribution is -2.10. The molecule has 3 aromatic rings. The number of carbonyl (C=O) groups excluding carboxylic acids is 1. The van der Waals surface area contributed by atoms with Crippen molar-refractivity contribution in [2.45, 2.75) is 6.61 Å². The number of ether oxygens (including phenoxy) is 1. The number of hydrogen-bond acceptors (Lipinski definition) is 5. The summed E-state index contributed by atoms with van der Waals surface area (Å²) in [6, 6.07) is 3.45. The van der Waals surface area contributed by atoms with Gasteiger partial charge in [0.2, 0.25) is 0 Å². The molecule has 0 aliphatic carbocycles. The van der Waals surface area contributed by atoms with Crippen LogP contribution >= 0.6 is 46.4 Å². The van der Waals surface area contributed by atoms with Crippen LogP contribution in [0.3, 0.4) is 0 Å². The van der Waals surface area contributed by atoms with Gasteiger partial charge in [-0.05, 0) is 12.1 Å². The molecule has 0 saturated heterocycles. The number of nitrogens with zero attached hydrogens (tertiary/aromatic N) is 3. The fourth-order valence-corrected chi connectivity index (χ4v) is 2.71. The highest BCUT2D eigenvalue weighted by molar-refractivity contribution is 6.46. The first-order chi connectivity index (χ1) is 11.4. The highest BCUT2D eigenvalue weighted by Crippen LogP contribution is 2.34. The van der Waals surface area contributed by atoms with Crippen molar-refractivity contribution in [1.29, 1.82) is 0 Å². The summed E-state index contributed by atoms with van der Waals surface area (Å²) < 4.78 is 6.87. The minimum Gasteiger partial charge on any atom is -0.454 e. The molecule has 0 fully saturated rings. The van der Waals surface area contributed by atoms with Crippen molar-refractivity contribution in [3.8, 4) is 0 Å². The lowest BCUT2D eigenvalue weighted by molar-refractivity contribution is 0.0461. The van der Waals surface area contributed by atoms with E-state index >= 15 is 0 Å². The maximum atomic E-state index is 12.1. The third-order valence-corrected chi connectivity index (χ3v) is 4.44. The number of imidazole rings is 1. The second-order valence-corrected chi connectivity index (χ2v) is 6.26. The number of halogens is 4. The molecule has 0 saturated carbocycles. The average Bonchev–Trinajstić information content (AvgIpc) is 2.96. The quantitative estimate of drug-likeness (QED) is 0.519. The molecule has 0 amide bonds. The van der Waals surface area contributed by atoms with Gasteiger partial charge in [0.25, 0.3) is 0 Å². The Morgan fingerprint density at radius 2 is 1.88 bits per heavy atom. The fraction of sp³-hybridized carbons (Fsp3) is 0.0714. The van der Waals surface area contributed by atoms with Crippen LogP contribution in [0.2, 0.25) is 20.2 Å². The Kier molecular flexibility index (Phi) is 4.73. The summed E-state index contributed by atoms with van der Waals surface area (Å²) in [5.41, 5.74) is 6.61. The van der Waals surface area contributed by atoms with Gasteiger partial charge in [0.05, 0.1) is 21.4 Å². The van der Waals surface area contributed by atoms with Crippen LogP contribution in [-0.2, 0) is 11.3 Å². The second-order valence-electron chi connectivity index (χ2n) is 4.71. The molecule has 0 radical (unpaired) electrons. The molecule has 2 N–H and O–H groups in total. The molecule has 3 heterocycles. The lowest BCUT2D eigenvalue weighted by atomic mass is 10.3. The first kappa shape index (κ1) is 17.1. The van der Waals surface area contributed by atoms with Crippen molar-refractivity contribution in [2.24, 2.45) is 0 Å². The fourth-order valence-electron chi connectivity index (χ4n) is 1.96. The molecule has 0 aromatic carbocycles. The number of pyridine rings is 2. The molecule has 0 unspecified atom stereocenters. The standard InChI is InChI=1S/C14H8Cl4N4O2/c15-6-1-2-8-20-7(4-22(8)3-6)5-24-14(23)12-9(16)11(19)10(17)13(18)21-12/h1-4H,5H2,(H2,19,21). The number of hydrogen-bond donors (Lipinski definition) is 1. The zero-order valence-electron chi connectivity index (χ0n) is 11.8. The van der Waals surface area contributed by atoms with Gasteiger partial charge >= 0.3 is 5.97 Å². The molecular formula is C14H8Cl4N4O2. The molecule has 24 heavy (non-hydrogen) atoms. The van der Waals surface area contributed by atoms with Gasteiger partial charge in [0.15, 0.2) is 10.8 Å². The Balaban J connectivity index is 1.80. The minimum absolute atomic E-state index is 0.0181. The molecule has 3 aromatic heterocycles. The second kappa shape index (κ2) is 6.64. The first-order valence-corrected chi connectivity index (χ1v) is 7.98. The van der Waals surface area contributed by atoms with Crippen molar-refractivity contribution in [1.82, 2.24) is 14.4 Å². The van der Waals surface area contributed by atoms with Crippen molar-refractivity contribution in [2.75, 3.05) is 5.73 Å². The summed E-state index contributed by atoms with van der Waals surface area (Å²) in [5.74, 6) is -0.791. The third kappa shape index (κ3) is 3.23. The lowest BCUT2D eigenvalue weighted by Gasteiger charge is -2.08. The monoisotopic (exact) mass is 404 g/mol. The van der Waals surface area contributed by atoms with E-state index in [4.69, 9.17) is 56.9 Å². The van der Waals surface area contributed by atoms with E-state index in [1.807, 2.05) is 0 Å². The molecule has 0 atom stereocenters. The first-order valence-electron chi connectivity index (χ1n) is 6.47. The maximum absolute atomic E-state index is 12.1. The summed E-state index contributed by atoms with van der Waals surface area (Å²) in [6.07, 6.45) is 3.38. The molecule has 10 heteroatoms. The van der Waals surface area contributed by atoms with Crippen LogP contribution in [0.25, 0.3) is 5.65 Å². The van der Waals surface area contributed by atoms with Crippen molar-refractivity contribution in [3.63, 3.8) is 0 Å². The van der Waals surface area contributed by atoms with E-state index in [-0.39, 0.29) is 33.2 Å². The Bertz CT molecular complexity index is 958. The van der Waals surface area contributed by atoms with E-state index in [1.54, 1.807) is 28.9 Å². The van der Waals surface area contributed by atoms with Crippen LogP contribution < -0.4 is 5.73 Å². The number of nitrogen functional groups attached to an aromatic ring is 1. The predicted octanol–water partition coefficient (Wildman–Crippen LogP) is 4.28. The van der Waals surface area contributed by atoms with Gasteiger partial charge in [0, 0.05) is 12.4 Å². The molecule has 0 bridgehead atoms. The Labute approximate surface area is 156 Å². The number of carbonyl (C=O) groups is 1. The number of fused-ring (bicyclic) bond motifs is 1.